The normalized spacial score (nSPS) is 13.8. The van der Waals surface area contributed by atoms with E-state index in [0.717, 1.165) is 12.8 Å². The van der Waals surface area contributed by atoms with E-state index in [-0.39, 0.29) is 11.3 Å². The van der Waals surface area contributed by atoms with E-state index in [0.29, 0.717) is 29.0 Å². The molecule has 0 aliphatic heterocycles. The fraction of sp³-hybridized carbons (Fsp3) is 0.278. The summed E-state index contributed by atoms with van der Waals surface area (Å²) in [6.07, 6.45) is 4.82. The summed E-state index contributed by atoms with van der Waals surface area (Å²) >= 11 is 6.02. The molecule has 7 heteroatoms. The van der Waals surface area contributed by atoms with E-state index in [2.05, 4.69) is 10.3 Å². The summed E-state index contributed by atoms with van der Waals surface area (Å²) in [5, 5.41) is 12.2. The molecule has 3 rings (SSSR count). The Labute approximate surface area is 149 Å². The van der Waals surface area contributed by atoms with Crippen LogP contribution in [0.25, 0.3) is 0 Å². The number of hydrogen-bond donors (Lipinski definition) is 2. The van der Waals surface area contributed by atoms with Gasteiger partial charge in [-0.2, -0.15) is 0 Å². The van der Waals surface area contributed by atoms with Gasteiger partial charge in [-0.1, -0.05) is 18.0 Å². The number of benzene rings is 1. The average molecular weight is 361 g/mol. The molecule has 0 bridgehead atoms. The first kappa shape index (κ1) is 17.2. The number of ether oxygens (including phenoxy) is 1. The van der Waals surface area contributed by atoms with Crippen molar-refractivity contribution < 1.29 is 19.4 Å². The van der Waals surface area contributed by atoms with Crippen LogP contribution in [0.3, 0.4) is 0 Å². The number of carbonyl (C=O) groups is 2. The Morgan fingerprint density at radius 2 is 2.08 bits per heavy atom. The summed E-state index contributed by atoms with van der Waals surface area (Å²) in [4.78, 5) is 27.1. The van der Waals surface area contributed by atoms with Crippen molar-refractivity contribution in [2.24, 2.45) is 5.92 Å². The van der Waals surface area contributed by atoms with Gasteiger partial charge in [0.25, 0.3) is 5.91 Å². The fourth-order valence-electron chi connectivity index (χ4n) is 2.48. The first-order valence-electron chi connectivity index (χ1n) is 7.96. The third-order valence-corrected chi connectivity index (χ3v) is 4.37. The molecule has 1 amide bonds. The van der Waals surface area contributed by atoms with E-state index in [1.54, 1.807) is 18.2 Å². The molecule has 1 saturated carbocycles. The second kappa shape index (κ2) is 7.53. The maximum atomic E-state index is 12.4. The lowest BCUT2D eigenvalue weighted by Gasteiger charge is -2.25. The number of carbonyl (C=O) groups excluding carboxylic acids is 1. The molecule has 25 heavy (non-hydrogen) atoms. The van der Waals surface area contributed by atoms with E-state index in [4.69, 9.17) is 21.4 Å². The maximum absolute atomic E-state index is 12.4. The summed E-state index contributed by atoms with van der Waals surface area (Å²) in [7, 11) is 0. The second-order valence-electron chi connectivity index (χ2n) is 5.94. The standard InChI is InChI=1S/C18H17ClN2O4/c19-13-4-5-16(25-10-11-2-1-3-11)14(9-13)21-17(22)12-6-7-20-15(8-12)18(23)24/h4-9,11H,1-3,10H2,(H,21,22)(H,23,24). The number of halogens is 1. The molecule has 2 aromatic rings. The maximum Gasteiger partial charge on any atom is 0.354 e. The van der Waals surface area contributed by atoms with Crippen LogP contribution in [-0.2, 0) is 0 Å². The molecule has 0 saturated heterocycles. The summed E-state index contributed by atoms with van der Waals surface area (Å²) in [6.45, 7) is 0.600. The Hall–Kier alpha value is -2.60. The van der Waals surface area contributed by atoms with Gasteiger partial charge in [-0.25, -0.2) is 9.78 Å². The average Bonchev–Trinajstić information content (AvgIpc) is 2.55. The Morgan fingerprint density at radius 1 is 1.28 bits per heavy atom. The first-order chi connectivity index (χ1) is 12.0. The Bertz CT molecular complexity index is 805. The molecule has 1 aliphatic rings. The number of anilines is 1. The van der Waals surface area contributed by atoms with E-state index in [1.807, 2.05) is 0 Å². The number of carboxylic acids is 1. The van der Waals surface area contributed by atoms with Crippen LogP contribution < -0.4 is 10.1 Å². The number of nitrogens with one attached hydrogen (secondary N) is 1. The SMILES string of the molecule is O=C(Nc1cc(Cl)ccc1OCC1CCC1)c1ccnc(C(=O)O)c1. The van der Waals surface area contributed by atoms with Crippen molar-refractivity contribution in [1.82, 2.24) is 4.98 Å². The number of rotatable bonds is 6. The molecule has 1 aromatic heterocycles. The molecular weight excluding hydrogens is 344 g/mol. The van der Waals surface area contributed by atoms with Crippen LogP contribution in [0.2, 0.25) is 5.02 Å². The molecule has 1 aromatic carbocycles. The van der Waals surface area contributed by atoms with Gasteiger partial charge in [0.2, 0.25) is 0 Å². The van der Waals surface area contributed by atoms with Gasteiger partial charge in [0, 0.05) is 16.8 Å². The summed E-state index contributed by atoms with van der Waals surface area (Å²) in [6, 6.07) is 7.68. The molecule has 0 spiro atoms. The highest BCUT2D eigenvalue weighted by molar-refractivity contribution is 6.31. The monoisotopic (exact) mass is 360 g/mol. The predicted octanol–water partition coefficient (Wildman–Crippen LogP) is 3.86. The molecule has 1 aliphatic carbocycles. The van der Waals surface area contributed by atoms with Gasteiger partial charge < -0.3 is 15.2 Å². The van der Waals surface area contributed by atoms with Gasteiger partial charge in [0.05, 0.1) is 12.3 Å². The predicted molar refractivity (Wildman–Crippen MR) is 93.4 cm³/mol. The third-order valence-electron chi connectivity index (χ3n) is 4.13. The van der Waals surface area contributed by atoms with Crippen molar-refractivity contribution in [2.45, 2.75) is 19.3 Å². The van der Waals surface area contributed by atoms with Gasteiger partial charge in [-0.05, 0) is 49.1 Å². The summed E-state index contributed by atoms with van der Waals surface area (Å²) in [5.41, 5.74) is 0.447. The Morgan fingerprint density at radius 3 is 2.76 bits per heavy atom. The number of amides is 1. The summed E-state index contributed by atoms with van der Waals surface area (Å²) < 4.78 is 5.81. The molecule has 1 heterocycles. The largest absolute Gasteiger partial charge is 0.491 e. The number of pyridine rings is 1. The van der Waals surface area contributed by atoms with Crippen LogP contribution in [-0.4, -0.2) is 28.6 Å². The van der Waals surface area contributed by atoms with Crippen molar-refractivity contribution >= 4 is 29.2 Å². The topological polar surface area (TPSA) is 88.5 Å². The van der Waals surface area contributed by atoms with Crippen LogP contribution in [0.5, 0.6) is 5.75 Å². The Kier molecular flexibility index (Phi) is 5.19. The highest BCUT2D eigenvalue weighted by Crippen LogP contribution is 2.32. The molecule has 0 unspecified atom stereocenters. The van der Waals surface area contributed by atoms with Crippen molar-refractivity contribution in [2.75, 3.05) is 11.9 Å². The molecule has 6 nitrogen and oxygen atoms in total. The third kappa shape index (κ3) is 4.28. The molecular formula is C18H17ClN2O4. The van der Waals surface area contributed by atoms with Crippen LogP contribution in [0.1, 0.15) is 40.1 Å². The van der Waals surface area contributed by atoms with Crippen LogP contribution >= 0.6 is 11.6 Å². The number of aromatic nitrogens is 1. The zero-order valence-electron chi connectivity index (χ0n) is 13.4. The van der Waals surface area contributed by atoms with Gasteiger partial charge in [-0.15, -0.1) is 0 Å². The first-order valence-corrected chi connectivity index (χ1v) is 8.34. The quantitative estimate of drug-likeness (QED) is 0.816. The van der Waals surface area contributed by atoms with E-state index < -0.39 is 11.9 Å². The lowest BCUT2D eigenvalue weighted by Crippen LogP contribution is -2.20. The highest BCUT2D eigenvalue weighted by atomic mass is 35.5. The zero-order valence-corrected chi connectivity index (χ0v) is 14.1. The second-order valence-corrected chi connectivity index (χ2v) is 6.37. The highest BCUT2D eigenvalue weighted by Gasteiger charge is 2.19. The molecule has 0 atom stereocenters. The smallest absolute Gasteiger partial charge is 0.354 e. The van der Waals surface area contributed by atoms with Gasteiger partial charge in [0.1, 0.15) is 11.4 Å². The van der Waals surface area contributed by atoms with Gasteiger partial charge in [-0.3, -0.25) is 4.79 Å². The van der Waals surface area contributed by atoms with Crippen molar-refractivity contribution in [3.8, 4) is 5.75 Å². The van der Waals surface area contributed by atoms with Crippen LogP contribution in [0.4, 0.5) is 5.69 Å². The zero-order chi connectivity index (χ0) is 17.8. The minimum absolute atomic E-state index is 0.192. The lowest BCUT2D eigenvalue weighted by molar-refractivity contribution is 0.0690. The van der Waals surface area contributed by atoms with E-state index in [9.17, 15) is 9.59 Å². The number of nitrogens with zero attached hydrogens (tertiary/aromatic N) is 1. The molecule has 2 N–H and O–H groups in total. The van der Waals surface area contributed by atoms with Crippen LogP contribution in [0.15, 0.2) is 36.5 Å². The van der Waals surface area contributed by atoms with Crippen LogP contribution in [0, 0.1) is 5.92 Å². The van der Waals surface area contributed by atoms with Crippen molar-refractivity contribution in [3.05, 3.63) is 52.8 Å². The minimum atomic E-state index is -1.19. The molecule has 1 fully saturated rings. The molecule has 130 valence electrons. The lowest BCUT2D eigenvalue weighted by atomic mass is 9.86. The van der Waals surface area contributed by atoms with E-state index >= 15 is 0 Å². The summed E-state index contributed by atoms with van der Waals surface area (Å²) in [5.74, 6) is -0.558. The number of aromatic carboxylic acids is 1. The fourth-order valence-corrected chi connectivity index (χ4v) is 2.65. The van der Waals surface area contributed by atoms with Gasteiger partial charge in [0.15, 0.2) is 0 Å². The minimum Gasteiger partial charge on any atom is -0.491 e. The van der Waals surface area contributed by atoms with Gasteiger partial charge >= 0.3 is 5.97 Å². The number of hydrogen-bond acceptors (Lipinski definition) is 4. The Balaban J connectivity index is 1.76. The van der Waals surface area contributed by atoms with Crippen molar-refractivity contribution in [1.29, 1.82) is 0 Å². The number of carboxylic acid groups (broad SMARTS) is 1. The van der Waals surface area contributed by atoms with Crippen molar-refractivity contribution in [3.63, 3.8) is 0 Å². The van der Waals surface area contributed by atoms with E-state index in [1.165, 1.54) is 24.8 Å². The molecule has 0 radical (unpaired) electrons.